The Hall–Kier alpha value is -2.54. The number of hydrogen-bond donors (Lipinski definition) is 1. The van der Waals surface area contributed by atoms with E-state index in [1.54, 1.807) is 0 Å². The third kappa shape index (κ3) is 6.23. The fourth-order valence-corrected chi connectivity index (χ4v) is 3.53. The second-order valence-electron chi connectivity index (χ2n) is 7.52. The van der Waals surface area contributed by atoms with Crippen molar-refractivity contribution >= 4 is 23.3 Å². The number of carbonyl (C=O) groups excluding carboxylic acids is 1. The Morgan fingerprint density at radius 2 is 1.77 bits per heavy atom. The van der Waals surface area contributed by atoms with Gasteiger partial charge < -0.3 is 19.7 Å². The average molecular weight is 433 g/mol. The smallest absolute Gasteiger partial charge is 0.258 e. The molecule has 1 aliphatic heterocycles. The maximum Gasteiger partial charge on any atom is 0.258 e. The Labute approximate surface area is 182 Å². The predicted molar refractivity (Wildman–Crippen MR) is 118 cm³/mol. The first-order valence-electron chi connectivity index (χ1n) is 10.3. The highest BCUT2D eigenvalue weighted by Gasteiger charge is 2.14. The van der Waals surface area contributed by atoms with Crippen LogP contribution in [-0.2, 0) is 4.79 Å². The van der Waals surface area contributed by atoms with Gasteiger partial charge >= 0.3 is 0 Å². The van der Waals surface area contributed by atoms with Crippen LogP contribution in [0.4, 0.5) is 5.82 Å². The van der Waals surface area contributed by atoms with Crippen LogP contribution < -0.4 is 19.7 Å². The molecule has 0 saturated carbocycles. The number of nitrogens with one attached hydrogen (secondary N) is 1. The third-order valence-electron chi connectivity index (χ3n) is 4.94. The van der Waals surface area contributed by atoms with Crippen molar-refractivity contribution in [1.82, 2.24) is 15.3 Å². The summed E-state index contributed by atoms with van der Waals surface area (Å²) in [6, 6.07) is 5.51. The predicted octanol–water partition coefficient (Wildman–Crippen LogP) is 3.62. The summed E-state index contributed by atoms with van der Waals surface area (Å²) >= 11 is 6.15. The van der Waals surface area contributed by atoms with Gasteiger partial charge in [0.25, 0.3) is 5.91 Å². The van der Waals surface area contributed by atoms with Crippen molar-refractivity contribution in [3.8, 4) is 11.6 Å². The van der Waals surface area contributed by atoms with Crippen LogP contribution in [0, 0.1) is 20.8 Å². The number of carbonyl (C=O) groups is 1. The van der Waals surface area contributed by atoms with E-state index in [2.05, 4.69) is 20.2 Å². The number of nitrogens with zero attached hydrogens (tertiary/aromatic N) is 3. The number of ether oxygens (including phenoxy) is 2. The van der Waals surface area contributed by atoms with E-state index in [9.17, 15) is 4.79 Å². The van der Waals surface area contributed by atoms with Gasteiger partial charge in [0.15, 0.2) is 6.61 Å². The fourth-order valence-electron chi connectivity index (χ4n) is 3.42. The average Bonchev–Trinajstić information content (AvgIpc) is 2.73. The molecule has 8 heteroatoms. The summed E-state index contributed by atoms with van der Waals surface area (Å²) in [5.74, 6) is 2.53. The largest absolute Gasteiger partial charge is 0.484 e. The van der Waals surface area contributed by atoms with E-state index >= 15 is 0 Å². The highest BCUT2D eigenvalue weighted by molar-refractivity contribution is 6.32. The Morgan fingerprint density at radius 1 is 1.07 bits per heavy atom. The van der Waals surface area contributed by atoms with Gasteiger partial charge in [-0.25, -0.2) is 4.98 Å². The van der Waals surface area contributed by atoms with Gasteiger partial charge in [-0.05, 0) is 63.3 Å². The Balaban J connectivity index is 1.42. The SMILES string of the molecule is Cc1nc(OCCNC(=O)COc2cc(C)c(Cl)c(C)c2)cc(N2CCCCC2)n1. The van der Waals surface area contributed by atoms with Gasteiger partial charge in [-0.3, -0.25) is 4.79 Å². The second kappa shape index (κ2) is 10.5. The van der Waals surface area contributed by atoms with E-state index in [1.807, 2.05) is 39.0 Å². The summed E-state index contributed by atoms with van der Waals surface area (Å²) < 4.78 is 11.3. The van der Waals surface area contributed by atoms with Crippen molar-refractivity contribution in [2.24, 2.45) is 0 Å². The number of hydrogen-bond acceptors (Lipinski definition) is 6. The van der Waals surface area contributed by atoms with Crippen molar-refractivity contribution in [3.05, 3.63) is 40.2 Å². The molecule has 3 rings (SSSR count). The molecule has 0 bridgehead atoms. The zero-order valence-electron chi connectivity index (χ0n) is 17.8. The first kappa shape index (κ1) is 22.2. The maximum atomic E-state index is 12.0. The molecule has 1 aliphatic rings. The molecule has 1 amide bonds. The van der Waals surface area contributed by atoms with Crippen LogP contribution in [0.2, 0.25) is 5.02 Å². The molecule has 162 valence electrons. The third-order valence-corrected chi connectivity index (χ3v) is 5.53. The molecule has 0 spiro atoms. The second-order valence-corrected chi connectivity index (χ2v) is 7.90. The van der Waals surface area contributed by atoms with Crippen molar-refractivity contribution in [1.29, 1.82) is 0 Å². The first-order valence-corrected chi connectivity index (χ1v) is 10.7. The summed E-state index contributed by atoms with van der Waals surface area (Å²) in [5, 5.41) is 3.50. The van der Waals surface area contributed by atoms with Gasteiger partial charge in [-0.15, -0.1) is 0 Å². The van der Waals surface area contributed by atoms with E-state index in [4.69, 9.17) is 21.1 Å². The zero-order valence-corrected chi connectivity index (χ0v) is 18.6. The Morgan fingerprint density at radius 3 is 2.47 bits per heavy atom. The number of aryl methyl sites for hydroxylation is 3. The maximum absolute atomic E-state index is 12.0. The molecule has 1 aromatic heterocycles. The summed E-state index contributed by atoms with van der Waals surface area (Å²) in [6.45, 7) is 8.32. The molecule has 2 aromatic rings. The molecule has 0 aliphatic carbocycles. The van der Waals surface area contributed by atoms with Gasteiger partial charge in [0.2, 0.25) is 5.88 Å². The van der Waals surface area contributed by atoms with E-state index in [1.165, 1.54) is 19.3 Å². The van der Waals surface area contributed by atoms with Gasteiger partial charge in [0.1, 0.15) is 24.0 Å². The van der Waals surface area contributed by atoms with E-state index in [-0.39, 0.29) is 12.5 Å². The standard InChI is InChI=1S/C22H29ClN4O3/c1-15-11-18(12-16(2)22(15)23)30-14-20(28)24-7-10-29-21-13-19(25-17(3)26-21)27-8-5-4-6-9-27/h11-13H,4-10,14H2,1-3H3,(H,24,28). The monoisotopic (exact) mass is 432 g/mol. The molecule has 7 nitrogen and oxygen atoms in total. The molecule has 30 heavy (non-hydrogen) atoms. The number of halogens is 1. The normalized spacial score (nSPS) is 13.8. The van der Waals surface area contributed by atoms with Crippen LogP contribution >= 0.6 is 11.6 Å². The van der Waals surface area contributed by atoms with Gasteiger partial charge in [0, 0.05) is 24.2 Å². The lowest BCUT2D eigenvalue weighted by atomic mass is 10.1. The Kier molecular flexibility index (Phi) is 7.74. The molecule has 0 atom stereocenters. The topological polar surface area (TPSA) is 76.6 Å². The van der Waals surface area contributed by atoms with E-state index < -0.39 is 0 Å². The summed E-state index contributed by atoms with van der Waals surface area (Å²) in [4.78, 5) is 23.2. The van der Waals surface area contributed by atoms with Crippen LogP contribution in [0.1, 0.15) is 36.2 Å². The molecule has 1 aromatic carbocycles. The number of benzene rings is 1. The lowest BCUT2D eigenvalue weighted by Crippen LogP contribution is -2.32. The van der Waals surface area contributed by atoms with Crippen LogP contribution in [0.3, 0.4) is 0 Å². The molecular formula is C22H29ClN4O3. The van der Waals surface area contributed by atoms with Crippen LogP contribution in [0.5, 0.6) is 11.6 Å². The zero-order chi connectivity index (χ0) is 21.5. The van der Waals surface area contributed by atoms with Crippen molar-refractivity contribution in [3.63, 3.8) is 0 Å². The minimum Gasteiger partial charge on any atom is -0.484 e. The first-order chi connectivity index (χ1) is 14.4. The molecule has 2 heterocycles. The van der Waals surface area contributed by atoms with Crippen LogP contribution in [0.25, 0.3) is 0 Å². The number of amides is 1. The summed E-state index contributed by atoms with van der Waals surface area (Å²) in [5.41, 5.74) is 1.84. The molecule has 1 N–H and O–H groups in total. The highest BCUT2D eigenvalue weighted by atomic mass is 35.5. The van der Waals surface area contributed by atoms with Gasteiger partial charge in [-0.2, -0.15) is 4.98 Å². The number of anilines is 1. The van der Waals surface area contributed by atoms with Crippen molar-refractivity contribution in [2.45, 2.75) is 40.0 Å². The lowest BCUT2D eigenvalue weighted by molar-refractivity contribution is -0.123. The van der Waals surface area contributed by atoms with Crippen molar-refractivity contribution < 1.29 is 14.3 Å². The number of aromatic nitrogens is 2. The lowest BCUT2D eigenvalue weighted by Gasteiger charge is -2.28. The molecule has 1 saturated heterocycles. The van der Waals surface area contributed by atoms with Gasteiger partial charge in [-0.1, -0.05) is 11.6 Å². The van der Waals surface area contributed by atoms with E-state index in [0.717, 1.165) is 30.0 Å². The molecule has 0 unspecified atom stereocenters. The molecule has 0 radical (unpaired) electrons. The number of piperidine rings is 1. The summed E-state index contributed by atoms with van der Waals surface area (Å²) in [6.07, 6.45) is 3.63. The van der Waals surface area contributed by atoms with Crippen LogP contribution in [0.15, 0.2) is 18.2 Å². The van der Waals surface area contributed by atoms with Crippen molar-refractivity contribution in [2.75, 3.05) is 37.7 Å². The fraction of sp³-hybridized carbons (Fsp3) is 0.500. The quantitative estimate of drug-likeness (QED) is 0.642. The van der Waals surface area contributed by atoms with Crippen LogP contribution in [-0.4, -0.2) is 48.7 Å². The minimum atomic E-state index is -0.211. The van der Waals surface area contributed by atoms with Gasteiger partial charge in [0.05, 0.1) is 6.54 Å². The minimum absolute atomic E-state index is 0.0633. The van der Waals surface area contributed by atoms with E-state index in [0.29, 0.717) is 35.6 Å². The number of rotatable bonds is 8. The summed E-state index contributed by atoms with van der Waals surface area (Å²) in [7, 11) is 0. The Bertz CT molecular complexity index is 862. The molecular weight excluding hydrogens is 404 g/mol. The highest BCUT2D eigenvalue weighted by Crippen LogP contribution is 2.25. The molecule has 1 fully saturated rings.